The number of nitrogens with zero attached hydrogens (tertiary/aromatic N) is 3. The quantitative estimate of drug-likeness (QED) is 0.358. The topological polar surface area (TPSA) is 42.8 Å². The van der Waals surface area contributed by atoms with Gasteiger partial charge in [0.2, 0.25) is 4.80 Å². The molecule has 130 valence electrons. The van der Waals surface area contributed by atoms with Crippen LogP contribution in [-0.4, -0.2) is 10.9 Å². The summed E-state index contributed by atoms with van der Waals surface area (Å²) in [5.74, 6) is 0.722. The number of hydrogen-bond acceptors (Lipinski definition) is 5. The SMILES string of the molecule is Clc1ccc(N=c2scc(-c3ccco3)n2N=Cc2ccsc2)cc1Cl. The fourth-order valence-electron chi connectivity index (χ4n) is 2.22. The number of benzene rings is 1. The van der Waals surface area contributed by atoms with E-state index >= 15 is 0 Å². The van der Waals surface area contributed by atoms with Crippen LogP contribution in [0.1, 0.15) is 5.56 Å². The molecule has 0 aliphatic rings. The third kappa shape index (κ3) is 3.68. The Labute approximate surface area is 167 Å². The molecule has 0 unspecified atom stereocenters. The van der Waals surface area contributed by atoms with Crippen molar-refractivity contribution in [1.82, 2.24) is 4.68 Å². The summed E-state index contributed by atoms with van der Waals surface area (Å²) in [7, 11) is 0. The van der Waals surface area contributed by atoms with Crippen molar-refractivity contribution in [3.05, 3.63) is 79.2 Å². The molecule has 0 fully saturated rings. The highest BCUT2D eigenvalue weighted by Gasteiger charge is 2.10. The summed E-state index contributed by atoms with van der Waals surface area (Å²) >= 11 is 15.2. The number of halogens is 2. The molecule has 1 aromatic carbocycles. The van der Waals surface area contributed by atoms with Gasteiger partial charge in [0.05, 0.1) is 28.2 Å². The second-order valence-electron chi connectivity index (χ2n) is 5.20. The molecule has 0 spiro atoms. The van der Waals surface area contributed by atoms with Crippen LogP contribution in [0.25, 0.3) is 11.5 Å². The maximum atomic E-state index is 6.10. The summed E-state index contributed by atoms with van der Waals surface area (Å²) in [6, 6.07) is 11.0. The van der Waals surface area contributed by atoms with E-state index in [9.17, 15) is 0 Å². The Morgan fingerprint density at radius 1 is 1.08 bits per heavy atom. The summed E-state index contributed by atoms with van der Waals surface area (Å²) in [5, 5.41) is 11.5. The molecule has 0 radical (unpaired) electrons. The second kappa shape index (κ2) is 7.63. The van der Waals surface area contributed by atoms with Crippen molar-refractivity contribution in [3.63, 3.8) is 0 Å². The molecular weight excluding hydrogens is 409 g/mol. The minimum Gasteiger partial charge on any atom is -0.463 e. The number of thiophene rings is 1. The van der Waals surface area contributed by atoms with Gasteiger partial charge in [-0.25, -0.2) is 9.67 Å². The zero-order chi connectivity index (χ0) is 17.9. The molecule has 0 aliphatic heterocycles. The Morgan fingerprint density at radius 2 is 2.00 bits per heavy atom. The first-order valence-electron chi connectivity index (χ1n) is 7.51. The number of aromatic nitrogens is 1. The average molecular weight is 420 g/mol. The molecule has 0 saturated heterocycles. The monoisotopic (exact) mass is 419 g/mol. The highest BCUT2D eigenvalue weighted by atomic mass is 35.5. The van der Waals surface area contributed by atoms with Gasteiger partial charge in [-0.2, -0.15) is 16.4 Å². The minimum absolute atomic E-state index is 0.462. The van der Waals surface area contributed by atoms with Crippen molar-refractivity contribution in [2.45, 2.75) is 0 Å². The lowest BCUT2D eigenvalue weighted by atomic mass is 10.3. The summed E-state index contributed by atoms with van der Waals surface area (Å²) in [6.45, 7) is 0. The van der Waals surface area contributed by atoms with E-state index in [0.717, 1.165) is 17.0 Å². The van der Waals surface area contributed by atoms with Crippen molar-refractivity contribution in [2.24, 2.45) is 10.1 Å². The molecular formula is C18H11Cl2N3OS2. The highest BCUT2D eigenvalue weighted by molar-refractivity contribution is 7.08. The van der Waals surface area contributed by atoms with Gasteiger partial charge in [-0.05, 0) is 47.2 Å². The largest absolute Gasteiger partial charge is 0.463 e. The Balaban J connectivity index is 1.83. The predicted molar refractivity (Wildman–Crippen MR) is 109 cm³/mol. The fraction of sp³-hybridized carbons (Fsp3) is 0. The molecule has 3 heterocycles. The van der Waals surface area contributed by atoms with E-state index in [2.05, 4.69) is 10.1 Å². The Kier molecular flexibility index (Phi) is 5.08. The van der Waals surface area contributed by atoms with E-state index < -0.39 is 0 Å². The fourth-order valence-corrected chi connectivity index (χ4v) is 3.96. The zero-order valence-electron chi connectivity index (χ0n) is 13.2. The van der Waals surface area contributed by atoms with Crippen LogP contribution in [0.4, 0.5) is 5.69 Å². The number of furan rings is 1. The van der Waals surface area contributed by atoms with Crippen LogP contribution in [0.2, 0.25) is 10.0 Å². The van der Waals surface area contributed by atoms with Gasteiger partial charge in [-0.3, -0.25) is 0 Å². The van der Waals surface area contributed by atoms with Crippen LogP contribution in [0.15, 0.2) is 73.3 Å². The van der Waals surface area contributed by atoms with Gasteiger partial charge in [0, 0.05) is 10.9 Å². The maximum Gasteiger partial charge on any atom is 0.211 e. The van der Waals surface area contributed by atoms with Crippen LogP contribution >= 0.6 is 45.9 Å². The van der Waals surface area contributed by atoms with E-state index in [4.69, 9.17) is 27.6 Å². The third-order valence-electron chi connectivity index (χ3n) is 3.45. The highest BCUT2D eigenvalue weighted by Crippen LogP contribution is 2.27. The number of hydrogen-bond donors (Lipinski definition) is 0. The molecule has 0 atom stereocenters. The maximum absolute atomic E-state index is 6.10. The van der Waals surface area contributed by atoms with Gasteiger partial charge in [0.1, 0.15) is 5.69 Å². The normalized spacial score (nSPS) is 12.3. The molecule has 3 aromatic heterocycles. The summed E-state index contributed by atoms with van der Waals surface area (Å²) < 4.78 is 7.28. The summed E-state index contributed by atoms with van der Waals surface area (Å²) in [6.07, 6.45) is 3.43. The number of thiazole rings is 1. The lowest BCUT2D eigenvalue weighted by Crippen LogP contribution is -2.11. The van der Waals surface area contributed by atoms with Crippen molar-refractivity contribution in [2.75, 3.05) is 0 Å². The smallest absolute Gasteiger partial charge is 0.211 e. The second-order valence-corrected chi connectivity index (χ2v) is 7.64. The summed E-state index contributed by atoms with van der Waals surface area (Å²) in [5.41, 5.74) is 2.55. The molecule has 4 nitrogen and oxygen atoms in total. The van der Waals surface area contributed by atoms with Crippen LogP contribution in [-0.2, 0) is 0 Å². The van der Waals surface area contributed by atoms with Gasteiger partial charge >= 0.3 is 0 Å². The predicted octanol–water partition coefficient (Wildman–Crippen LogP) is 6.29. The molecule has 0 saturated carbocycles. The third-order valence-corrected chi connectivity index (χ3v) is 5.71. The molecule has 0 aliphatic carbocycles. The van der Waals surface area contributed by atoms with Gasteiger partial charge in [0.25, 0.3) is 0 Å². The molecule has 0 bridgehead atoms. The lowest BCUT2D eigenvalue weighted by molar-refractivity contribution is 0.575. The Hall–Kier alpha value is -2.12. The first-order chi connectivity index (χ1) is 12.7. The van der Waals surface area contributed by atoms with E-state index in [-0.39, 0.29) is 0 Å². The Bertz CT molecular complexity index is 1110. The first-order valence-corrected chi connectivity index (χ1v) is 10.1. The van der Waals surface area contributed by atoms with E-state index in [1.54, 1.807) is 40.6 Å². The van der Waals surface area contributed by atoms with Crippen molar-refractivity contribution >= 4 is 57.8 Å². The van der Waals surface area contributed by atoms with Gasteiger partial charge < -0.3 is 4.42 Å². The number of rotatable bonds is 4. The molecule has 0 amide bonds. The standard InChI is InChI=1S/C18H11Cl2N3OS2/c19-14-4-3-13(8-15(14)20)22-18-23(21-9-12-5-7-25-10-12)16(11-26-18)17-2-1-6-24-17/h1-11H. The van der Waals surface area contributed by atoms with E-state index in [1.807, 2.05) is 40.4 Å². The summed E-state index contributed by atoms with van der Waals surface area (Å²) in [4.78, 5) is 5.35. The molecule has 4 aromatic rings. The zero-order valence-corrected chi connectivity index (χ0v) is 16.3. The minimum atomic E-state index is 0.462. The molecule has 4 rings (SSSR count). The van der Waals surface area contributed by atoms with Gasteiger partial charge in [0.15, 0.2) is 5.76 Å². The van der Waals surface area contributed by atoms with Crippen LogP contribution in [0.3, 0.4) is 0 Å². The van der Waals surface area contributed by atoms with E-state index in [1.165, 1.54) is 11.3 Å². The van der Waals surface area contributed by atoms with Crippen molar-refractivity contribution < 1.29 is 4.42 Å². The van der Waals surface area contributed by atoms with Gasteiger partial charge in [-0.1, -0.05) is 23.2 Å². The Morgan fingerprint density at radius 3 is 2.73 bits per heavy atom. The first kappa shape index (κ1) is 17.3. The molecule has 8 heteroatoms. The van der Waals surface area contributed by atoms with E-state index in [0.29, 0.717) is 20.5 Å². The molecule has 0 N–H and O–H groups in total. The van der Waals surface area contributed by atoms with Gasteiger partial charge in [-0.15, -0.1) is 11.3 Å². The molecule has 26 heavy (non-hydrogen) atoms. The van der Waals surface area contributed by atoms with Crippen molar-refractivity contribution in [3.8, 4) is 11.5 Å². The van der Waals surface area contributed by atoms with Crippen LogP contribution in [0, 0.1) is 0 Å². The average Bonchev–Trinajstić information content (AvgIpc) is 3.37. The van der Waals surface area contributed by atoms with Crippen LogP contribution in [0.5, 0.6) is 0 Å². The van der Waals surface area contributed by atoms with Crippen molar-refractivity contribution in [1.29, 1.82) is 0 Å². The lowest BCUT2D eigenvalue weighted by Gasteiger charge is -2.01. The van der Waals surface area contributed by atoms with Crippen LogP contribution < -0.4 is 4.80 Å².